The van der Waals surface area contributed by atoms with Gasteiger partial charge in [0.1, 0.15) is 6.54 Å². The van der Waals surface area contributed by atoms with E-state index in [1.54, 1.807) is 24.3 Å². The lowest BCUT2D eigenvalue weighted by Crippen LogP contribution is -2.38. The van der Waals surface area contributed by atoms with E-state index < -0.39 is 11.7 Å². The first-order valence-corrected chi connectivity index (χ1v) is 8.97. The third-order valence-corrected chi connectivity index (χ3v) is 4.66. The first-order valence-electron chi connectivity index (χ1n) is 8.60. The number of fused-ring (bicyclic) bond motifs is 1. The summed E-state index contributed by atoms with van der Waals surface area (Å²) in [6, 6.07) is 15.7. The molecule has 2 heterocycles. The van der Waals surface area contributed by atoms with E-state index in [-0.39, 0.29) is 19.0 Å². The maximum Gasteiger partial charge on any atom is 0.365 e. The quantitative estimate of drug-likeness (QED) is 0.713. The fraction of sp³-hybridized carbons (Fsp3) is 0.158. The predicted octanol–water partition coefficient (Wildman–Crippen LogP) is 2.00. The van der Waals surface area contributed by atoms with Crippen LogP contribution in [-0.4, -0.2) is 26.3 Å². The van der Waals surface area contributed by atoms with Crippen LogP contribution in [0.5, 0.6) is 0 Å². The Labute approximate surface area is 164 Å². The van der Waals surface area contributed by atoms with E-state index in [2.05, 4.69) is 10.3 Å². The SMILES string of the molecule is O=C(Cn1c(=O)nc2n1C(=O)N(c1ccc(Cl)cc1)C2)NCc1ccccc1. The van der Waals surface area contributed by atoms with Crippen LogP contribution in [0.2, 0.25) is 5.02 Å². The summed E-state index contributed by atoms with van der Waals surface area (Å²) >= 11 is 5.89. The number of rotatable bonds is 5. The highest BCUT2D eigenvalue weighted by Crippen LogP contribution is 2.24. The minimum atomic E-state index is -0.631. The first-order chi connectivity index (χ1) is 13.5. The van der Waals surface area contributed by atoms with Crippen molar-refractivity contribution in [3.05, 3.63) is 81.5 Å². The van der Waals surface area contributed by atoms with Crippen LogP contribution in [0.1, 0.15) is 11.4 Å². The van der Waals surface area contributed by atoms with Gasteiger partial charge >= 0.3 is 11.7 Å². The van der Waals surface area contributed by atoms with Crippen molar-refractivity contribution in [1.29, 1.82) is 0 Å². The van der Waals surface area contributed by atoms with Gasteiger partial charge in [0.05, 0.1) is 6.54 Å². The molecule has 2 amide bonds. The van der Waals surface area contributed by atoms with Crippen LogP contribution in [-0.2, 0) is 24.4 Å². The Kier molecular flexibility index (Phi) is 4.70. The molecule has 8 nitrogen and oxygen atoms in total. The number of carbonyl (C=O) groups is 2. The molecule has 0 spiro atoms. The molecular weight excluding hydrogens is 382 g/mol. The van der Waals surface area contributed by atoms with E-state index in [4.69, 9.17) is 11.6 Å². The number of anilines is 1. The third-order valence-electron chi connectivity index (χ3n) is 4.41. The van der Waals surface area contributed by atoms with Gasteiger partial charge in [-0.2, -0.15) is 9.67 Å². The van der Waals surface area contributed by atoms with Crippen LogP contribution in [0.3, 0.4) is 0 Å². The molecule has 9 heteroatoms. The number of benzene rings is 2. The average Bonchev–Trinajstić information content (AvgIpc) is 3.17. The molecule has 0 aliphatic carbocycles. The van der Waals surface area contributed by atoms with Crippen LogP contribution >= 0.6 is 11.6 Å². The highest BCUT2D eigenvalue weighted by Gasteiger charge is 2.33. The van der Waals surface area contributed by atoms with E-state index in [1.807, 2.05) is 30.3 Å². The average molecular weight is 398 g/mol. The van der Waals surface area contributed by atoms with Crippen molar-refractivity contribution in [3.63, 3.8) is 0 Å². The topological polar surface area (TPSA) is 89.2 Å². The molecule has 3 aromatic rings. The Bertz CT molecular complexity index is 1090. The third kappa shape index (κ3) is 3.41. The summed E-state index contributed by atoms with van der Waals surface area (Å²) in [7, 11) is 0. The monoisotopic (exact) mass is 397 g/mol. The van der Waals surface area contributed by atoms with Crippen LogP contribution in [0.4, 0.5) is 10.5 Å². The molecule has 0 atom stereocenters. The van der Waals surface area contributed by atoms with Crippen molar-refractivity contribution in [3.8, 4) is 0 Å². The lowest BCUT2D eigenvalue weighted by Gasteiger charge is -2.15. The largest absolute Gasteiger partial charge is 0.365 e. The summed E-state index contributed by atoms with van der Waals surface area (Å²) in [5.41, 5.74) is 0.938. The van der Waals surface area contributed by atoms with Crippen LogP contribution in [0.25, 0.3) is 0 Å². The molecule has 0 radical (unpaired) electrons. The number of halogens is 1. The maximum absolute atomic E-state index is 12.8. The second-order valence-corrected chi connectivity index (χ2v) is 6.72. The minimum Gasteiger partial charge on any atom is -0.350 e. The second-order valence-electron chi connectivity index (χ2n) is 6.29. The van der Waals surface area contributed by atoms with Gasteiger partial charge in [-0.15, -0.1) is 0 Å². The zero-order chi connectivity index (χ0) is 19.7. The number of nitrogens with one attached hydrogen (secondary N) is 1. The molecule has 4 rings (SSSR count). The minimum absolute atomic E-state index is 0.147. The van der Waals surface area contributed by atoms with Crippen molar-refractivity contribution < 1.29 is 9.59 Å². The normalized spacial score (nSPS) is 12.9. The molecule has 1 N–H and O–H groups in total. The number of nitrogens with zero attached hydrogens (tertiary/aromatic N) is 4. The van der Waals surface area contributed by atoms with Crippen LogP contribution in [0, 0.1) is 0 Å². The van der Waals surface area contributed by atoms with Gasteiger partial charge in [0.25, 0.3) is 0 Å². The number of hydrogen-bond donors (Lipinski definition) is 1. The Morgan fingerprint density at radius 2 is 1.79 bits per heavy atom. The fourth-order valence-electron chi connectivity index (χ4n) is 3.03. The molecule has 142 valence electrons. The van der Waals surface area contributed by atoms with E-state index in [9.17, 15) is 14.4 Å². The second kappa shape index (κ2) is 7.32. The standard InChI is InChI=1S/C19H16ClN5O3/c20-14-6-8-15(9-7-14)23-11-16-22-18(27)24(25(16)19(23)28)12-17(26)21-10-13-4-2-1-3-5-13/h1-9H,10-12H2,(H,21,26). The molecule has 2 aromatic carbocycles. The highest BCUT2D eigenvalue weighted by molar-refractivity contribution is 6.30. The summed E-state index contributed by atoms with van der Waals surface area (Å²) in [6.45, 7) is 0.188. The molecular formula is C19H16ClN5O3. The van der Waals surface area contributed by atoms with Gasteiger partial charge < -0.3 is 5.32 Å². The lowest BCUT2D eigenvalue weighted by atomic mass is 10.2. The van der Waals surface area contributed by atoms with Crippen molar-refractivity contribution in [2.24, 2.45) is 0 Å². The number of amides is 2. The number of carbonyl (C=O) groups excluding carboxylic acids is 2. The molecule has 0 bridgehead atoms. The zero-order valence-corrected chi connectivity index (χ0v) is 15.5. The summed E-state index contributed by atoms with van der Waals surface area (Å²) < 4.78 is 2.20. The Hall–Kier alpha value is -3.39. The molecule has 1 aromatic heterocycles. The van der Waals surface area contributed by atoms with Crippen molar-refractivity contribution in [1.82, 2.24) is 19.7 Å². The summed E-state index contributed by atoms with van der Waals surface area (Å²) in [5.74, 6) is -0.0906. The molecule has 1 aliphatic rings. The number of hydrogen-bond acceptors (Lipinski definition) is 4. The zero-order valence-electron chi connectivity index (χ0n) is 14.7. The predicted molar refractivity (Wildman–Crippen MR) is 103 cm³/mol. The molecule has 0 saturated carbocycles. The number of aromatic nitrogens is 3. The van der Waals surface area contributed by atoms with E-state index >= 15 is 0 Å². The molecule has 0 saturated heterocycles. The highest BCUT2D eigenvalue weighted by atomic mass is 35.5. The fourth-order valence-corrected chi connectivity index (χ4v) is 3.16. The molecule has 0 unspecified atom stereocenters. The van der Waals surface area contributed by atoms with Crippen LogP contribution < -0.4 is 15.9 Å². The van der Waals surface area contributed by atoms with E-state index in [0.29, 0.717) is 23.1 Å². The molecule has 28 heavy (non-hydrogen) atoms. The lowest BCUT2D eigenvalue weighted by molar-refractivity contribution is -0.122. The summed E-state index contributed by atoms with van der Waals surface area (Å²) in [4.78, 5) is 42.6. The first kappa shape index (κ1) is 18.0. The summed E-state index contributed by atoms with van der Waals surface area (Å²) in [5, 5.41) is 3.30. The smallest absolute Gasteiger partial charge is 0.350 e. The Morgan fingerprint density at radius 1 is 1.07 bits per heavy atom. The van der Waals surface area contributed by atoms with Gasteiger partial charge in [-0.3, -0.25) is 9.69 Å². The van der Waals surface area contributed by atoms with Gasteiger partial charge in [-0.25, -0.2) is 14.3 Å². The van der Waals surface area contributed by atoms with Gasteiger partial charge in [0.2, 0.25) is 5.91 Å². The Balaban J connectivity index is 1.50. The van der Waals surface area contributed by atoms with Gasteiger partial charge in [0, 0.05) is 17.3 Å². The van der Waals surface area contributed by atoms with E-state index in [1.165, 1.54) is 4.90 Å². The van der Waals surface area contributed by atoms with Gasteiger partial charge in [-0.05, 0) is 29.8 Å². The molecule has 1 aliphatic heterocycles. The van der Waals surface area contributed by atoms with Crippen molar-refractivity contribution in [2.75, 3.05) is 4.90 Å². The van der Waals surface area contributed by atoms with Crippen LogP contribution in [0.15, 0.2) is 59.4 Å². The van der Waals surface area contributed by atoms with Gasteiger partial charge in [0.15, 0.2) is 5.82 Å². The molecule has 0 fully saturated rings. The van der Waals surface area contributed by atoms with Crippen molar-refractivity contribution in [2.45, 2.75) is 19.6 Å². The van der Waals surface area contributed by atoms with Crippen molar-refractivity contribution >= 4 is 29.2 Å². The Morgan fingerprint density at radius 3 is 2.50 bits per heavy atom. The maximum atomic E-state index is 12.8. The summed E-state index contributed by atoms with van der Waals surface area (Å²) in [6.07, 6.45) is 0. The van der Waals surface area contributed by atoms with Gasteiger partial charge in [-0.1, -0.05) is 41.9 Å². The van der Waals surface area contributed by atoms with E-state index in [0.717, 1.165) is 14.9 Å².